The lowest BCUT2D eigenvalue weighted by Gasteiger charge is -2.36. The minimum Gasteiger partial charge on any atom is -0.497 e. The quantitative estimate of drug-likeness (QED) is 0.192. The van der Waals surface area contributed by atoms with Crippen molar-refractivity contribution in [2.24, 2.45) is 0 Å². The van der Waals surface area contributed by atoms with Gasteiger partial charge in [-0.25, -0.2) is 9.37 Å². The fraction of sp³-hybridized carbons (Fsp3) is 0.233. The average Bonchev–Trinajstić information content (AvgIpc) is 3.57. The van der Waals surface area contributed by atoms with Crippen molar-refractivity contribution in [3.05, 3.63) is 113 Å². The van der Waals surface area contributed by atoms with Crippen LogP contribution >= 0.6 is 11.6 Å². The molecule has 10 heteroatoms. The molecule has 2 N–H and O–H groups in total. The van der Waals surface area contributed by atoms with Gasteiger partial charge in [-0.1, -0.05) is 72.8 Å². The van der Waals surface area contributed by atoms with Gasteiger partial charge in [0.15, 0.2) is 17.7 Å². The van der Waals surface area contributed by atoms with E-state index in [1.54, 1.807) is 7.11 Å². The van der Waals surface area contributed by atoms with E-state index in [4.69, 9.17) is 31.5 Å². The smallest absolute Gasteiger partial charge is 0.226 e. The first-order chi connectivity index (χ1) is 19.5. The molecule has 0 radical (unpaired) electrons. The third-order valence-corrected chi connectivity index (χ3v) is 7.34. The molecule has 1 aliphatic heterocycles. The van der Waals surface area contributed by atoms with Crippen LogP contribution in [0.15, 0.2) is 91.3 Å². The Kier molecular flexibility index (Phi) is 7.10. The Labute approximate surface area is 235 Å². The van der Waals surface area contributed by atoms with Crippen molar-refractivity contribution in [1.29, 1.82) is 0 Å². The lowest BCUT2D eigenvalue weighted by Crippen LogP contribution is -2.35. The van der Waals surface area contributed by atoms with Crippen LogP contribution in [0.1, 0.15) is 29.3 Å². The van der Waals surface area contributed by atoms with Gasteiger partial charge in [-0.2, -0.15) is 9.97 Å². The van der Waals surface area contributed by atoms with E-state index in [9.17, 15) is 0 Å². The Bertz CT molecular complexity index is 1560. The zero-order valence-corrected chi connectivity index (χ0v) is 22.4. The second-order valence-electron chi connectivity index (χ2n) is 9.56. The number of nitrogen functional groups attached to an aromatic ring is 1. The van der Waals surface area contributed by atoms with Crippen molar-refractivity contribution < 1.29 is 18.6 Å². The number of methoxy groups -OCH3 is 1. The summed E-state index contributed by atoms with van der Waals surface area (Å²) < 4.78 is 35.4. The van der Waals surface area contributed by atoms with Gasteiger partial charge in [0.1, 0.15) is 23.0 Å². The van der Waals surface area contributed by atoms with Gasteiger partial charge in [-0.3, -0.25) is 4.57 Å². The molecule has 1 saturated heterocycles. The summed E-state index contributed by atoms with van der Waals surface area (Å²) >= 11 is 6.01. The molecule has 204 valence electrons. The highest BCUT2D eigenvalue weighted by atomic mass is 35.5. The average molecular weight is 560 g/mol. The van der Waals surface area contributed by atoms with Gasteiger partial charge in [0, 0.05) is 6.42 Å². The lowest BCUT2D eigenvalue weighted by atomic mass is 9.80. The minimum absolute atomic E-state index is 0.0463. The highest BCUT2D eigenvalue weighted by Crippen LogP contribution is 2.42. The van der Waals surface area contributed by atoms with E-state index in [1.807, 2.05) is 84.9 Å². The summed E-state index contributed by atoms with van der Waals surface area (Å²) in [5.41, 5.74) is 8.37. The van der Waals surface area contributed by atoms with Crippen LogP contribution in [0.3, 0.4) is 0 Å². The van der Waals surface area contributed by atoms with Crippen LogP contribution in [0.5, 0.6) is 5.75 Å². The summed E-state index contributed by atoms with van der Waals surface area (Å²) in [6, 6.07) is 27.7. The Balaban J connectivity index is 1.35. The van der Waals surface area contributed by atoms with Gasteiger partial charge in [0.2, 0.25) is 5.28 Å². The van der Waals surface area contributed by atoms with Gasteiger partial charge < -0.3 is 19.9 Å². The maximum Gasteiger partial charge on any atom is 0.226 e. The maximum absolute atomic E-state index is 15.5. The third kappa shape index (κ3) is 4.66. The first-order valence-electron chi connectivity index (χ1n) is 12.8. The minimum atomic E-state index is -1.33. The van der Waals surface area contributed by atoms with Crippen LogP contribution in [0.2, 0.25) is 5.28 Å². The number of fused-ring (bicyclic) bond motifs is 1. The predicted octanol–water partition coefficient (Wildman–Crippen LogP) is 5.70. The van der Waals surface area contributed by atoms with E-state index in [0.717, 1.165) is 22.4 Å². The molecule has 3 unspecified atom stereocenters. The van der Waals surface area contributed by atoms with Crippen LogP contribution in [0.4, 0.5) is 10.2 Å². The van der Waals surface area contributed by atoms with E-state index in [0.29, 0.717) is 11.2 Å². The van der Waals surface area contributed by atoms with E-state index >= 15 is 4.39 Å². The number of halogens is 2. The molecule has 40 heavy (non-hydrogen) atoms. The summed E-state index contributed by atoms with van der Waals surface area (Å²) in [6.45, 7) is 0.122. The monoisotopic (exact) mass is 559 g/mol. The SMILES string of the molecule is COc1ccc(C(OCC2CC(F)C(n3cnc4c(N)nc(Cl)nc43)O2)(c2ccccc2)c2ccccc2)cc1. The zero-order chi connectivity index (χ0) is 27.7. The summed E-state index contributed by atoms with van der Waals surface area (Å²) in [5.74, 6) is 0.857. The predicted molar refractivity (Wildman–Crippen MR) is 150 cm³/mol. The van der Waals surface area contributed by atoms with Crippen LogP contribution in [0, 0.1) is 0 Å². The Morgan fingerprint density at radius 1 is 0.975 bits per heavy atom. The number of anilines is 1. The molecule has 6 rings (SSSR count). The summed E-state index contributed by atoms with van der Waals surface area (Å²) in [4.78, 5) is 12.4. The molecule has 0 bridgehead atoms. The second-order valence-corrected chi connectivity index (χ2v) is 9.89. The number of hydrogen-bond donors (Lipinski definition) is 1. The molecule has 3 heterocycles. The molecular formula is C30H27ClFN5O3. The number of alkyl halides is 1. The number of nitrogens with two attached hydrogens (primary N) is 1. The first-order valence-corrected chi connectivity index (χ1v) is 13.2. The van der Waals surface area contributed by atoms with E-state index < -0.39 is 24.1 Å². The van der Waals surface area contributed by atoms with Crippen molar-refractivity contribution in [2.45, 2.75) is 30.5 Å². The highest BCUT2D eigenvalue weighted by Gasteiger charge is 2.42. The Morgan fingerprint density at radius 3 is 2.23 bits per heavy atom. The highest BCUT2D eigenvalue weighted by molar-refractivity contribution is 6.28. The number of benzene rings is 3. The first kappa shape index (κ1) is 26.2. The number of aromatic nitrogens is 4. The molecule has 2 aromatic heterocycles. The molecule has 0 amide bonds. The number of ether oxygens (including phenoxy) is 3. The number of imidazole rings is 1. The van der Waals surface area contributed by atoms with Gasteiger partial charge >= 0.3 is 0 Å². The zero-order valence-electron chi connectivity index (χ0n) is 21.7. The van der Waals surface area contributed by atoms with Crippen molar-refractivity contribution >= 4 is 28.6 Å². The maximum atomic E-state index is 15.5. The molecule has 3 atom stereocenters. The number of hydrogen-bond acceptors (Lipinski definition) is 7. The molecule has 0 saturated carbocycles. The van der Waals surface area contributed by atoms with Crippen molar-refractivity contribution in [2.75, 3.05) is 19.5 Å². The lowest BCUT2D eigenvalue weighted by molar-refractivity contribution is -0.0804. The Hall–Kier alpha value is -4.05. The fourth-order valence-electron chi connectivity index (χ4n) is 5.29. The molecule has 8 nitrogen and oxygen atoms in total. The molecule has 5 aromatic rings. The molecule has 0 spiro atoms. The molecule has 1 fully saturated rings. The molecular weight excluding hydrogens is 533 g/mol. The van der Waals surface area contributed by atoms with Gasteiger partial charge in [-0.15, -0.1) is 0 Å². The van der Waals surface area contributed by atoms with Gasteiger partial charge in [0.25, 0.3) is 0 Å². The summed E-state index contributed by atoms with van der Waals surface area (Å²) in [6.07, 6.45) is -1.27. The standard InChI is InChI=1S/C30H27ClFN5O3/c1-38-22-14-12-21(13-15-22)30(19-8-4-2-5-9-19,20-10-6-3-7-11-20)39-17-23-16-24(32)28(40-23)37-18-34-25-26(33)35-29(31)36-27(25)37/h2-15,18,23-24,28H,16-17H2,1H3,(H2,33,35,36). The van der Waals surface area contributed by atoms with Crippen molar-refractivity contribution in [3.8, 4) is 5.75 Å². The van der Waals surface area contributed by atoms with Crippen LogP contribution < -0.4 is 10.5 Å². The van der Waals surface area contributed by atoms with Crippen LogP contribution in [-0.4, -0.2) is 45.5 Å². The van der Waals surface area contributed by atoms with Crippen molar-refractivity contribution in [1.82, 2.24) is 19.5 Å². The molecule has 3 aromatic carbocycles. The van der Waals surface area contributed by atoms with E-state index in [-0.39, 0.29) is 24.1 Å². The third-order valence-electron chi connectivity index (χ3n) is 7.17. The van der Waals surface area contributed by atoms with E-state index in [2.05, 4.69) is 15.0 Å². The summed E-state index contributed by atoms with van der Waals surface area (Å²) in [7, 11) is 1.63. The number of nitrogens with zero attached hydrogens (tertiary/aromatic N) is 4. The number of rotatable bonds is 8. The van der Waals surface area contributed by atoms with Crippen molar-refractivity contribution in [3.63, 3.8) is 0 Å². The van der Waals surface area contributed by atoms with Gasteiger partial charge in [-0.05, 0) is 40.4 Å². The van der Waals surface area contributed by atoms with E-state index in [1.165, 1.54) is 10.9 Å². The van der Waals surface area contributed by atoms with Gasteiger partial charge in [0.05, 0.1) is 26.1 Å². The van der Waals surface area contributed by atoms with Crippen LogP contribution in [0.25, 0.3) is 11.2 Å². The largest absolute Gasteiger partial charge is 0.497 e. The Morgan fingerprint density at radius 2 is 1.60 bits per heavy atom. The second kappa shape index (κ2) is 10.8. The molecule has 0 aliphatic carbocycles. The molecule has 1 aliphatic rings. The normalized spacial score (nSPS) is 19.2. The fourth-order valence-corrected chi connectivity index (χ4v) is 5.46. The summed E-state index contributed by atoms with van der Waals surface area (Å²) in [5, 5.41) is -0.0463. The topological polar surface area (TPSA) is 97.3 Å². The van der Waals surface area contributed by atoms with Crippen LogP contribution in [-0.2, 0) is 15.1 Å².